The third kappa shape index (κ3) is 3.39. The first-order chi connectivity index (χ1) is 12.7. The third-order valence-corrected chi connectivity index (χ3v) is 4.51. The van der Waals surface area contributed by atoms with Crippen LogP contribution in [0.5, 0.6) is 0 Å². The van der Waals surface area contributed by atoms with Crippen molar-refractivity contribution in [1.29, 1.82) is 5.26 Å². The Hall–Kier alpha value is -3.30. The number of nitriles is 1. The van der Waals surface area contributed by atoms with Crippen LogP contribution in [0.1, 0.15) is 22.5 Å². The summed E-state index contributed by atoms with van der Waals surface area (Å²) in [5.41, 5.74) is 11.3. The minimum Gasteiger partial charge on any atom is -0.368 e. The van der Waals surface area contributed by atoms with Crippen LogP contribution in [0.4, 0.5) is 5.95 Å². The topological polar surface area (TPSA) is 91.7 Å². The van der Waals surface area contributed by atoms with Gasteiger partial charge in [0.05, 0.1) is 28.7 Å². The van der Waals surface area contributed by atoms with Crippen LogP contribution in [-0.2, 0) is 19.5 Å². The molecule has 6 nitrogen and oxygen atoms in total. The van der Waals surface area contributed by atoms with Gasteiger partial charge in [0.2, 0.25) is 5.95 Å². The number of rotatable bonds is 3. The summed E-state index contributed by atoms with van der Waals surface area (Å²) >= 11 is 0. The van der Waals surface area contributed by atoms with Gasteiger partial charge in [0.15, 0.2) is 0 Å². The molecule has 26 heavy (non-hydrogen) atoms. The quantitative estimate of drug-likeness (QED) is 0.786. The SMILES string of the molecule is N#Cc1cccc(-c2cccc(CN3CCc4nc(N)ncc4C3)n2)c1. The van der Waals surface area contributed by atoms with E-state index in [2.05, 4.69) is 20.9 Å². The van der Waals surface area contributed by atoms with Crippen LogP contribution in [0.15, 0.2) is 48.7 Å². The molecular weight excluding hydrogens is 324 g/mol. The number of benzene rings is 1. The molecule has 1 aromatic carbocycles. The van der Waals surface area contributed by atoms with E-state index < -0.39 is 0 Å². The number of nitrogens with zero attached hydrogens (tertiary/aromatic N) is 5. The molecule has 1 aliphatic rings. The smallest absolute Gasteiger partial charge is 0.220 e. The van der Waals surface area contributed by atoms with Crippen LogP contribution in [0, 0.1) is 11.3 Å². The molecule has 2 N–H and O–H groups in total. The highest BCUT2D eigenvalue weighted by molar-refractivity contribution is 5.61. The average molecular weight is 342 g/mol. The molecule has 0 spiro atoms. The molecular formula is C20H18N6. The lowest BCUT2D eigenvalue weighted by atomic mass is 10.1. The second-order valence-corrected chi connectivity index (χ2v) is 6.37. The van der Waals surface area contributed by atoms with Crippen molar-refractivity contribution in [1.82, 2.24) is 19.9 Å². The summed E-state index contributed by atoms with van der Waals surface area (Å²) in [7, 11) is 0. The van der Waals surface area contributed by atoms with Crippen molar-refractivity contribution in [3.63, 3.8) is 0 Å². The molecule has 3 heterocycles. The number of nitrogens with two attached hydrogens (primary N) is 1. The van der Waals surface area contributed by atoms with Gasteiger partial charge in [-0.2, -0.15) is 5.26 Å². The summed E-state index contributed by atoms with van der Waals surface area (Å²) in [5.74, 6) is 0.339. The van der Waals surface area contributed by atoms with Gasteiger partial charge < -0.3 is 5.73 Å². The number of aromatic nitrogens is 3. The van der Waals surface area contributed by atoms with E-state index in [4.69, 9.17) is 16.0 Å². The Morgan fingerprint density at radius 3 is 2.92 bits per heavy atom. The molecule has 4 rings (SSSR count). The number of fused-ring (bicyclic) bond motifs is 1. The van der Waals surface area contributed by atoms with Gasteiger partial charge in [-0.1, -0.05) is 18.2 Å². The summed E-state index contributed by atoms with van der Waals surface area (Å²) in [6.07, 6.45) is 2.69. The molecule has 0 radical (unpaired) electrons. The van der Waals surface area contributed by atoms with Gasteiger partial charge in [0, 0.05) is 43.4 Å². The Morgan fingerprint density at radius 2 is 2.04 bits per heavy atom. The van der Waals surface area contributed by atoms with Crippen molar-refractivity contribution < 1.29 is 0 Å². The largest absolute Gasteiger partial charge is 0.368 e. The molecule has 0 aliphatic carbocycles. The number of hydrogen-bond donors (Lipinski definition) is 1. The number of hydrogen-bond acceptors (Lipinski definition) is 6. The zero-order valence-corrected chi connectivity index (χ0v) is 14.3. The molecule has 0 fully saturated rings. The third-order valence-electron chi connectivity index (χ3n) is 4.51. The van der Waals surface area contributed by atoms with E-state index in [1.807, 2.05) is 42.6 Å². The van der Waals surface area contributed by atoms with Crippen LogP contribution >= 0.6 is 0 Å². The maximum atomic E-state index is 9.08. The number of pyridine rings is 1. The van der Waals surface area contributed by atoms with Crippen LogP contribution in [0.3, 0.4) is 0 Å². The van der Waals surface area contributed by atoms with Gasteiger partial charge in [-0.3, -0.25) is 9.88 Å². The summed E-state index contributed by atoms with van der Waals surface area (Å²) in [6, 6.07) is 15.7. The summed E-state index contributed by atoms with van der Waals surface area (Å²) in [6.45, 7) is 2.47. The molecule has 0 saturated carbocycles. The Balaban J connectivity index is 1.53. The molecule has 128 valence electrons. The Labute approximate surface area is 152 Å². The van der Waals surface area contributed by atoms with Gasteiger partial charge in [-0.15, -0.1) is 0 Å². The van der Waals surface area contributed by atoms with E-state index in [1.54, 1.807) is 6.07 Å². The van der Waals surface area contributed by atoms with E-state index in [9.17, 15) is 0 Å². The second kappa shape index (κ2) is 6.90. The van der Waals surface area contributed by atoms with E-state index >= 15 is 0 Å². The highest BCUT2D eigenvalue weighted by Gasteiger charge is 2.18. The standard InChI is InChI=1S/C20H18N6/c21-10-14-3-1-4-15(9-14)18-6-2-5-17(24-18)13-26-8-7-19-16(12-26)11-23-20(22)25-19/h1-6,9,11H,7-8,12-13H2,(H2,22,23,25). The fourth-order valence-electron chi connectivity index (χ4n) is 3.23. The van der Waals surface area contributed by atoms with Crippen molar-refractivity contribution in [2.45, 2.75) is 19.5 Å². The Kier molecular flexibility index (Phi) is 4.30. The van der Waals surface area contributed by atoms with Crippen molar-refractivity contribution in [3.8, 4) is 17.3 Å². The lowest BCUT2D eigenvalue weighted by molar-refractivity contribution is 0.240. The van der Waals surface area contributed by atoms with Crippen LogP contribution in [0.25, 0.3) is 11.3 Å². The maximum Gasteiger partial charge on any atom is 0.220 e. The first-order valence-electron chi connectivity index (χ1n) is 8.50. The van der Waals surface area contributed by atoms with E-state index in [0.717, 1.165) is 54.3 Å². The molecule has 0 atom stereocenters. The number of nitrogen functional groups attached to an aromatic ring is 1. The van der Waals surface area contributed by atoms with Crippen LogP contribution in [-0.4, -0.2) is 26.4 Å². The fourth-order valence-corrected chi connectivity index (χ4v) is 3.23. The highest BCUT2D eigenvalue weighted by atomic mass is 15.1. The monoisotopic (exact) mass is 342 g/mol. The van der Waals surface area contributed by atoms with Gasteiger partial charge >= 0.3 is 0 Å². The highest BCUT2D eigenvalue weighted by Crippen LogP contribution is 2.21. The molecule has 0 saturated heterocycles. The zero-order chi connectivity index (χ0) is 17.9. The fraction of sp³-hybridized carbons (Fsp3) is 0.200. The first-order valence-corrected chi connectivity index (χ1v) is 8.50. The molecule has 6 heteroatoms. The van der Waals surface area contributed by atoms with Crippen molar-refractivity contribution in [2.75, 3.05) is 12.3 Å². The molecule has 2 aromatic heterocycles. The van der Waals surface area contributed by atoms with Gasteiger partial charge in [0.25, 0.3) is 0 Å². The molecule has 0 unspecified atom stereocenters. The van der Waals surface area contributed by atoms with E-state index in [1.165, 1.54) is 0 Å². The molecule has 0 amide bonds. The molecule has 3 aromatic rings. The maximum absolute atomic E-state index is 9.08. The van der Waals surface area contributed by atoms with Crippen molar-refractivity contribution in [2.24, 2.45) is 0 Å². The van der Waals surface area contributed by atoms with Crippen LogP contribution < -0.4 is 5.73 Å². The van der Waals surface area contributed by atoms with E-state index in [0.29, 0.717) is 11.5 Å². The van der Waals surface area contributed by atoms with E-state index in [-0.39, 0.29) is 0 Å². The first kappa shape index (κ1) is 16.2. The predicted octanol–water partition coefficient (Wildman–Crippen LogP) is 2.55. The number of anilines is 1. The summed E-state index contributed by atoms with van der Waals surface area (Å²) in [5, 5.41) is 9.08. The Bertz CT molecular complexity index is 992. The average Bonchev–Trinajstić information content (AvgIpc) is 2.68. The minimum absolute atomic E-state index is 0.339. The van der Waals surface area contributed by atoms with Gasteiger partial charge in [-0.25, -0.2) is 9.97 Å². The van der Waals surface area contributed by atoms with Gasteiger partial charge in [0.1, 0.15) is 0 Å². The second-order valence-electron chi connectivity index (χ2n) is 6.37. The predicted molar refractivity (Wildman–Crippen MR) is 98.7 cm³/mol. The summed E-state index contributed by atoms with van der Waals surface area (Å²) in [4.78, 5) is 15.5. The lowest BCUT2D eigenvalue weighted by Gasteiger charge is -2.27. The lowest BCUT2D eigenvalue weighted by Crippen LogP contribution is -2.31. The van der Waals surface area contributed by atoms with Crippen molar-refractivity contribution in [3.05, 3.63) is 71.2 Å². The van der Waals surface area contributed by atoms with Gasteiger partial charge in [-0.05, 0) is 24.3 Å². The van der Waals surface area contributed by atoms with Crippen LogP contribution in [0.2, 0.25) is 0 Å². The summed E-state index contributed by atoms with van der Waals surface area (Å²) < 4.78 is 0. The Morgan fingerprint density at radius 1 is 1.15 bits per heavy atom. The van der Waals surface area contributed by atoms with Crippen molar-refractivity contribution >= 4 is 5.95 Å². The molecule has 1 aliphatic heterocycles. The normalized spacial score (nSPS) is 13.8. The minimum atomic E-state index is 0.339. The zero-order valence-electron chi connectivity index (χ0n) is 14.3. The molecule has 0 bridgehead atoms.